The number of benzene rings is 1. The SMILES string of the molecule is CC[C@@H]1Cc2cc(OC)ccc2[C@H]2CC[C@]3(C)C(=O)CC[C@@H]3[C@H]12. The third-order valence-corrected chi connectivity index (χ3v) is 7.34. The fraction of sp³-hybridized carbons (Fsp3) is 0.667. The van der Waals surface area contributed by atoms with Gasteiger partial charge in [0.1, 0.15) is 11.5 Å². The predicted octanol–water partition coefficient (Wildman–Crippen LogP) is 4.76. The van der Waals surface area contributed by atoms with Crippen molar-refractivity contribution in [2.45, 2.75) is 58.3 Å². The Labute approximate surface area is 139 Å². The molecular formula is C21H28O2. The lowest BCUT2D eigenvalue weighted by Crippen LogP contribution is -2.46. The van der Waals surface area contributed by atoms with Crippen molar-refractivity contribution in [1.29, 1.82) is 0 Å². The van der Waals surface area contributed by atoms with Gasteiger partial charge < -0.3 is 4.74 Å². The average molecular weight is 312 g/mol. The maximum absolute atomic E-state index is 12.5. The molecule has 4 rings (SSSR count). The molecule has 0 saturated heterocycles. The van der Waals surface area contributed by atoms with Crippen LogP contribution in [0.4, 0.5) is 0 Å². The van der Waals surface area contributed by atoms with Gasteiger partial charge in [-0.2, -0.15) is 0 Å². The highest BCUT2D eigenvalue weighted by molar-refractivity contribution is 5.87. The summed E-state index contributed by atoms with van der Waals surface area (Å²) < 4.78 is 5.44. The molecule has 0 radical (unpaired) electrons. The van der Waals surface area contributed by atoms with Gasteiger partial charge in [0, 0.05) is 11.8 Å². The van der Waals surface area contributed by atoms with Crippen molar-refractivity contribution in [1.82, 2.24) is 0 Å². The molecule has 124 valence electrons. The lowest BCUT2D eigenvalue weighted by molar-refractivity contribution is -0.130. The summed E-state index contributed by atoms with van der Waals surface area (Å²) >= 11 is 0. The molecule has 2 heteroatoms. The van der Waals surface area contributed by atoms with E-state index >= 15 is 0 Å². The average Bonchev–Trinajstić information content (AvgIpc) is 2.88. The second kappa shape index (κ2) is 5.36. The molecule has 2 fully saturated rings. The van der Waals surface area contributed by atoms with Crippen LogP contribution < -0.4 is 4.74 Å². The van der Waals surface area contributed by atoms with Crippen molar-refractivity contribution < 1.29 is 9.53 Å². The Hall–Kier alpha value is -1.31. The maximum atomic E-state index is 12.5. The van der Waals surface area contributed by atoms with Crippen molar-refractivity contribution in [2.24, 2.45) is 23.2 Å². The van der Waals surface area contributed by atoms with Gasteiger partial charge in [-0.25, -0.2) is 0 Å². The Morgan fingerprint density at radius 2 is 2.13 bits per heavy atom. The third-order valence-electron chi connectivity index (χ3n) is 7.34. The van der Waals surface area contributed by atoms with Crippen molar-refractivity contribution in [3.8, 4) is 5.75 Å². The Bertz CT molecular complexity index is 635. The molecule has 23 heavy (non-hydrogen) atoms. The number of carbonyl (C=O) groups is 1. The summed E-state index contributed by atoms with van der Waals surface area (Å²) in [4.78, 5) is 12.5. The van der Waals surface area contributed by atoms with Crippen molar-refractivity contribution in [3.63, 3.8) is 0 Å². The third kappa shape index (κ3) is 2.10. The minimum atomic E-state index is -0.0292. The molecule has 0 aromatic heterocycles. The minimum Gasteiger partial charge on any atom is -0.497 e. The van der Waals surface area contributed by atoms with Gasteiger partial charge in [-0.15, -0.1) is 0 Å². The van der Waals surface area contributed by atoms with Gasteiger partial charge in [-0.05, 0) is 72.6 Å². The smallest absolute Gasteiger partial charge is 0.139 e. The molecule has 5 atom stereocenters. The summed E-state index contributed by atoms with van der Waals surface area (Å²) in [6.07, 6.45) is 6.58. The van der Waals surface area contributed by atoms with E-state index in [2.05, 4.69) is 32.0 Å². The zero-order valence-electron chi connectivity index (χ0n) is 14.6. The van der Waals surface area contributed by atoms with Crippen LogP contribution in [0.5, 0.6) is 5.75 Å². The van der Waals surface area contributed by atoms with E-state index in [1.54, 1.807) is 12.7 Å². The highest BCUT2D eigenvalue weighted by Crippen LogP contribution is 2.61. The molecule has 1 aromatic rings. The van der Waals surface area contributed by atoms with Gasteiger partial charge >= 0.3 is 0 Å². The molecule has 3 aliphatic rings. The highest BCUT2D eigenvalue weighted by atomic mass is 16.5. The zero-order valence-corrected chi connectivity index (χ0v) is 14.6. The van der Waals surface area contributed by atoms with Gasteiger partial charge in [0.25, 0.3) is 0 Å². The van der Waals surface area contributed by atoms with Gasteiger partial charge in [0.05, 0.1) is 7.11 Å². The lowest BCUT2D eigenvalue weighted by atomic mass is 9.52. The quantitative estimate of drug-likeness (QED) is 0.787. The Morgan fingerprint density at radius 1 is 1.30 bits per heavy atom. The number of Topliss-reactive ketones (excluding diaryl/α,β-unsaturated/α-hetero) is 1. The first-order valence-electron chi connectivity index (χ1n) is 9.28. The van der Waals surface area contributed by atoms with E-state index in [4.69, 9.17) is 4.74 Å². The predicted molar refractivity (Wildman–Crippen MR) is 91.8 cm³/mol. The first kappa shape index (κ1) is 15.2. The van der Waals surface area contributed by atoms with Gasteiger partial charge in [-0.3, -0.25) is 4.79 Å². The van der Waals surface area contributed by atoms with E-state index in [-0.39, 0.29) is 5.41 Å². The molecule has 1 aromatic carbocycles. The van der Waals surface area contributed by atoms with Crippen LogP contribution in [0, 0.1) is 23.2 Å². The van der Waals surface area contributed by atoms with E-state index in [9.17, 15) is 4.79 Å². The van der Waals surface area contributed by atoms with Crippen LogP contribution in [0.2, 0.25) is 0 Å². The standard InChI is InChI=1S/C21H28O2/c1-4-13-11-14-12-15(23-3)5-6-16(14)17-9-10-21(2)18(20(13)17)7-8-19(21)22/h5-6,12-13,17-18,20H,4,7-11H2,1-3H3/t13-,17-,18-,20-,21+/m1/s1. The number of hydrogen-bond donors (Lipinski definition) is 0. The monoisotopic (exact) mass is 312 g/mol. The molecule has 0 spiro atoms. The van der Waals surface area contributed by atoms with Crippen molar-refractivity contribution in [2.75, 3.05) is 7.11 Å². The fourth-order valence-corrected chi connectivity index (χ4v) is 6.07. The lowest BCUT2D eigenvalue weighted by Gasteiger charge is -2.51. The number of methoxy groups -OCH3 is 1. The summed E-state index contributed by atoms with van der Waals surface area (Å²) in [5, 5.41) is 0. The molecule has 0 N–H and O–H groups in total. The number of carbonyl (C=O) groups excluding carboxylic acids is 1. The number of ketones is 1. The van der Waals surface area contributed by atoms with E-state index in [1.165, 1.54) is 18.4 Å². The molecule has 0 unspecified atom stereocenters. The number of fused-ring (bicyclic) bond motifs is 5. The van der Waals surface area contributed by atoms with Crippen LogP contribution in [0.15, 0.2) is 18.2 Å². The molecule has 0 aliphatic heterocycles. The Morgan fingerprint density at radius 3 is 2.87 bits per heavy atom. The largest absolute Gasteiger partial charge is 0.497 e. The van der Waals surface area contributed by atoms with E-state index in [0.29, 0.717) is 23.5 Å². The molecule has 3 aliphatic carbocycles. The van der Waals surface area contributed by atoms with Crippen LogP contribution in [-0.4, -0.2) is 12.9 Å². The highest BCUT2D eigenvalue weighted by Gasteiger charge is 2.56. The first-order valence-corrected chi connectivity index (χ1v) is 9.28. The van der Waals surface area contributed by atoms with Gasteiger partial charge in [-0.1, -0.05) is 26.3 Å². The van der Waals surface area contributed by atoms with Crippen molar-refractivity contribution in [3.05, 3.63) is 29.3 Å². The minimum absolute atomic E-state index is 0.0292. The van der Waals surface area contributed by atoms with Gasteiger partial charge in [0.2, 0.25) is 0 Å². The Balaban J connectivity index is 1.76. The van der Waals surface area contributed by atoms with E-state index in [1.807, 2.05) is 0 Å². The number of hydrogen-bond acceptors (Lipinski definition) is 2. The van der Waals surface area contributed by atoms with Crippen LogP contribution >= 0.6 is 0 Å². The molecule has 0 bridgehead atoms. The second-order valence-electron chi connectivity index (χ2n) is 8.15. The van der Waals surface area contributed by atoms with Crippen molar-refractivity contribution >= 4 is 5.78 Å². The molecule has 0 heterocycles. The van der Waals surface area contributed by atoms with Crippen LogP contribution in [-0.2, 0) is 11.2 Å². The van der Waals surface area contributed by atoms with Crippen LogP contribution in [0.3, 0.4) is 0 Å². The molecule has 2 saturated carbocycles. The van der Waals surface area contributed by atoms with Crippen LogP contribution in [0.1, 0.15) is 63.0 Å². The summed E-state index contributed by atoms with van der Waals surface area (Å²) in [5.41, 5.74) is 3.01. The fourth-order valence-electron chi connectivity index (χ4n) is 6.07. The maximum Gasteiger partial charge on any atom is 0.139 e. The molecular weight excluding hydrogens is 284 g/mol. The zero-order chi connectivity index (χ0) is 16.2. The topological polar surface area (TPSA) is 26.3 Å². The van der Waals surface area contributed by atoms with E-state index < -0.39 is 0 Å². The molecule has 2 nitrogen and oxygen atoms in total. The second-order valence-corrected chi connectivity index (χ2v) is 8.15. The summed E-state index contributed by atoms with van der Waals surface area (Å²) in [6, 6.07) is 6.68. The first-order chi connectivity index (χ1) is 11.1. The number of rotatable bonds is 2. The summed E-state index contributed by atoms with van der Waals surface area (Å²) in [6.45, 7) is 4.59. The number of ether oxygens (including phenoxy) is 1. The van der Waals surface area contributed by atoms with Crippen LogP contribution in [0.25, 0.3) is 0 Å². The summed E-state index contributed by atoms with van der Waals surface area (Å²) in [5.74, 6) is 4.19. The molecule has 0 amide bonds. The Kier molecular flexibility index (Phi) is 3.55. The van der Waals surface area contributed by atoms with Gasteiger partial charge in [0.15, 0.2) is 0 Å². The van der Waals surface area contributed by atoms with E-state index in [0.717, 1.165) is 37.4 Å². The summed E-state index contributed by atoms with van der Waals surface area (Å²) in [7, 11) is 1.75. The normalized spacial score (nSPS) is 38.7.